The highest BCUT2D eigenvalue weighted by atomic mass is 16.1. The maximum atomic E-state index is 11.5. The van der Waals surface area contributed by atoms with Gasteiger partial charge in [-0.25, -0.2) is 0 Å². The number of rotatable bonds is 3. The number of benzene rings is 1. The summed E-state index contributed by atoms with van der Waals surface area (Å²) < 4.78 is 1.68. The lowest BCUT2D eigenvalue weighted by atomic mass is 10.1. The van der Waals surface area contributed by atoms with Gasteiger partial charge in [0.1, 0.15) is 0 Å². The third kappa shape index (κ3) is 2.38. The van der Waals surface area contributed by atoms with Crippen molar-refractivity contribution in [3.05, 3.63) is 70.1 Å². The van der Waals surface area contributed by atoms with E-state index in [1.807, 2.05) is 30.3 Å². The van der Waals surface area contributed by atoms with E-state index in [0.717, 1.165) is 11.1 Å². The van der Waals surface area contributed by atoms with E-state index >= 15 is 0 Å². The van der Waals surface area contributed by atoms with Gasteiger partial charge >= 0.3 is 0 Å². The second kappa shape index (κ2) is 4.77. The van der Waals surface area contributed by atoms with E-state index in [2.05, 4.69) is 0 Å². The second-order valence-electron chi connectivity index (χ2n) is 3.69. The first-order valence-electron chi connectivity index (χ1n) is 5.23. The highest BCUT2D eigenvalue weighted by Gasteiger charge is 1.97. The summed E-state index contributed by atoms with van der Waals surface area (Å²) in [6.45, 7) is 1.12. The van der Waals surface area contributed by atoms with E-state index in [1.165, 1.54) is 0 Å². The maximum Gasteiger partial charge on any atom is 0.250 e. The molecule has 0 amide bonds. The van der Waals surface area contributed by atoms with Crippen molar-refractivity contribution in [3.8, 4) is 0 Å². The largest absolute Gasteiger partial charge is 0.326 e. The minimum absolute atomic E-state index is 0.0145. The molecule has 2 N–H and O–H groups in total. The molecule has 0 aliphatic carbocycles. The van der Waals surface area contributed by atoms with Crippen molar-refractivity contribution < 1.29 is 0 Å². The van der Waals surface area contributed by atoms with Crippen LogP contribution in [-0.2, 0) is 13.1 Å². The van der Waals surface area contributed by atoms with Crippen molar-refractivity contribution in [2.75, 3.05) is 0 Å². The van der Waals surface area contributed by atoms with Crippen LogP contribution in [0.1, 0.15) is 11.1 Å². The van der Waals surface area contributed by atoms with E-state index < -0.39 is 0 Å². The normalized spacial score (nSPS) is 10.3. The fraction of sp³-hybridized carbons (Fsp3) is 0.154. The topological polar surface area (TPSA) is 48.0 Å². The number of aromatic nitrogens is 1. The predicted molar refractivity (Wildman–Crippen MR) is 64.1 cm³/mol. The van der Waals surface area contributed by atoms with Gasteiger partial charge < -0.3 is 10.3 Å². The molecule has 0 spiro atoms. The maximum absolute atomic E-state index is 11.5. The third-order valence-corrected chi connectivity index (χ3v) is 2.48. The number of pyridine rings is 1. The summed E-state index contributed by atoms with van der Waals surface area (Å²) in [7, 11) is 0. The quantitative estimate of drug-likeness (QED) is 0.838. The molecule has 0 saturated carbocycles. The van der Waals surface area contributed by atoms with Crippen LogP contribution in [0.15, 0.2) is 53.5 Å². The summed E-state index contributed by atoms with van der Waals surface area (Å²) in [4.78, 5) is 11.5. The molecule has 0 aliphatic rings. The summed E-state index contributed by atoms with van der Waals surface area (Å²) in [5.41, 5.74) is 7.77. The van der Waals surface area contributed by atoms with Crippen LogP contribution in [0.5, 0.6) is 0 Å². The van der Waals surface area contributed by atoms with Crippen molar-refractivity contribution in [1.29, 1.82) is 0 Å². The van der Waals surface area contributed by atoms with Crippen molar-refractivity contribution in [1.82, 2.24) is 4.57 Å². The van der Waals surface area contributed by atoms with Gasteiger partial charge in [-0.2, -0.15) is 0 Å². The van der Waals surface area contributed by atoms with Gasteiger partial charge in [-0.1, -0.05) is 30.3 Å². The van der Waals surface area contributed by atoms with Gasteiger partial charge in [0.25, 0.3) is 5.56 Å². The van der Waals surface area contributed by atoms with Crippen molar-refractivity contribution in [2.24, 2.45) is 5.73 Å². The van der Waals surface area contributed by atoms with Crippen molar-refractivity contribution >= 4 is 0 Å². The zero-order valence-corrected chi connectivity index (χ0v) is 8.97. The number of hydrogen-bond acceptors (Lipinski definition) is 2. The molecule has 1 aromatic carbocycles. The van der Waals surface area contributed by atoms with Gasteiger partial charge in [0.15, 0.2) is 0 Å². The Hall–Kier alpha value is -1.87. The molecule has 0 unspecified atom stereocenters. The Morgan fingerprint density at radius 1 is 1.06 bits per heavy atom. The molecule has 1 heterocycles. The minimum Gasteiger partial charge on any atom is -0.326 e. The molecular formula is C13H14N2O. The van der Waals surface area contributed by atoms with Crippen LogP contribution >= 0.6 is 0 Å². The SMILES string of the molecule is NCc1cccc(Cn2ccccc2=O)c1. The Labute approximate surface area is 94.1 Å². The molecule has 16 heavy (non-hydrogen) atoms. The van der Waals surface area contributed by atoms with Gasteiger partial charge in [0.05, 0.1) is 6.54 Å². The molecular weight excluding hydrogens is 200 g/mol. The van der Waals surface area contributed by atoms with Gasteiger partial charge in [0, 0.05) is 18.8 Å². The van der Waals surface area contributed by atoms with Gasteiger partial charge in [0.2, 0.25) is 0 Å². The molecule has 2 aromatic rings. The van der Waals surface area contributed by atoms with Crippen LogP contribution in [0.4, 0.5) is 0 Å². The molecule has 3 heteroatoms. The monoisotopic (exact) mass is 214 g/mol. The predicted octanol–water partition coefficient (Wildman–Crippen LogP) is 1.36. The summed E-state index contributed by atoms with van der Waals surface area (Å²) in [5, 5.41) is 0. The van der Waals surface area contributed by atoms with Crippen LogP contribution in [0.25, 0.3) is 0 Å². The van der Waals surface area contributed by atoms with Crippen molar-refractivity contribution in [3.63, 3.8) is 0 Å². The van der Waals surface area contributed by atoms with E-state index in [1.54, 1.807) is 22.9 Å². The van der Waals surface area contributed by atoms with Crippen LogP contribution in [-0.4, -0.2) is 4.57 Å². The fourth-order valence-corrected chi connectivity index (χ4v) is 1.64. The first-order chi connectivity index (χ1) is 7.79. The molecule has 82 valence electrons. The Balaban J connectivity index is 2.27. The van der Waals surface area contributed by atoms with E-state index in [-0.39, 0.29) is 5.56 Å². The highest BCUT2D eigenvalue weighted by Crippen LogP contribution is 2.05. The van der Waals surface area contributed by atoms with Crippen molar-refractivity contribution in [2.45, 2.75) is 13.1 Å². The lowest BCUT2D eigenvalue weighted by molar-refractivity contribution is 0.758. The van der Waals surface area contributed by atoms with E-state index in [4.69, 9.17) is 5.73 Å². The van der Waals surface area contributed by atoms with Crippen LogP contribution in [0.2, 0.25) is 0 Å². The smallest absolute Gasteiger partial charge is 0.250 e. The summed E-state index contributed by atoms with van der Waals surface area (Å²) in [6.07, 6.45) is 1.79. The Morgan fingerprint density at radius 2 is 1.88 bits per heavy atom. The van der Waals surface area contributed by atoms with Gasteiger partial charge in [-0.3, -0.25) is 4.79 Å². The molecule has 0 saturated heterocycles. The fourth-order valence-electron chi connectivity index (χ4n) is 1.64. The molecule has 0 bridgehead atoms. The zero-order chi connectivity index (χ0) is 11.4. The van der Waals surface area contributed by atoms with E-state index in [9.17, 15) is 4.79 Å². The Kier molecular flexibility index (Phi) is 3.17. The average molecular weight is 214 g/mol. The highest BCUT2D eigenvalue weighted by molar-refractivity contribution is 5.23. The molecule has 0 fully saturated rings. The molecule has 3 nitrogen and oxygen atoms in total. The van der Waals surface area contributed by atoms with Crippen LogP contribution in [0.3, 0.4) is 0 Å². The second-order valence-corrected chi connectivity index (χ2v) is 3.69. The molecule has 2 rings (SSSR count). The van der Waals surface area contributed by atoms with E-state index in [0.29, 0.717) is 13.1 Å². The van der Waals surface area contributed by atoms with Gasteiger partial charge in [-0.15, -0.1) is 0 Å². The average Bonchev–Trinajstić information content (AvgIpc) is 2.32. The lowest BCUT2D eigenvalue weighted by Crippen LogP contribution is -2.18. The number of nitrogens with two attached hydrogens (primary N) is 1. The number of hydrogen-bond donors (Lipinski definition) is 1. The summed E-state index contributed by atoms with van der Waals surface area (Å²) in [6, 6.07) is 13.1. The third-order valence-electron chi connectivity index (χ3n) is 2.48. The van der Waals surface area contributed by atoms with Crippen LogP contribution < -0.4 is 11.3 Å². The summed E-state index contributed by atoms with van der Waals surface area (Å²) in [5.74, 6) is 0. The van der Waals surface area contributed by atoms with Crippen LogP contribution in [0, 0.1) is 0 Å². The standard InChI is InChI=1S/C13H14N2O/c14-9-11-4-3-5-12(8-11)10-15-7-2-1-6-13(15)16/h1-8H,9-10,14H2. The summed E-state index contributed by atoms with van der Waals surface area (Å²) >= 11 is 0. The molecule has 0 atom stereocenters. The zero-order valence-electron chi connectivity index (χ0n) is 8.97. The first-order valence-corrected chi connectivity index (χ1v) is 5.23. The van der Waals surface area contributed by atoms with Gasteiger partial charge in [-0.05, 0) is 17.2 Å². The molecule has 1 aromatic heterocycles. The minimum atomic E-state index is 0.0145. The number of nitrogens with zero attached hydrogens (tertiary/aromatic N) is 1. The first kappa shape index (κ1) is 10.6. The Bertz CT molecular complexity index is 531. The molecule has 0 aliphatic heterocycles. The lowest BCUT2D eigenvalue weighted by Gasteiger charge is -2.06. The Morgan fingerprint density at radius 3 is 2.62 bits per heavy atom. The molecule has 0 radical (unpaired) electrons.